The summed E-state index contributed by atoms with van der Waals surface area (Å²) < 4.78 is 5.57. The minimum atomic E-state index is -0.886. The number of hydrogen-bond donors (Lipinski definition) is 2. The van der Waals surface area contributed by atoms with Crippen LogP contribution in [-0.2, 0) is 0 Å². The molecule has 2 aliphatic rings. The molecule has 0 amide bonds. The lowest BCUT2D eigenvalue weighted by Crippen LogP contribution is -2.29. The summed E-state index contributed by atoms with van der Waals surface area (Å²) >= 11 is 0. The molecule has 4 heteroatoms. The Morgan fingerprint density at radius 1 is 1.27 bits per heavy atom. The van der Waals surface area contributed by atoms with Crippen LogP contribution in [0.25, 0.3) is 0 Å². The summed E-state index contributed by atoms with van der Waals surface area (Å²) in [6.07, 6.45) is 7.13. The summed E-state index contributed by atoms with van der Waals surface area (Å²) in [7, 11) is 0. The van der Waals surface area contributed by atoms with Crippen molar-refractivity contribution in [2.24, 2.45) is 5.92 Å². The normalized spacial score (nSPS) is 22.8. The smallest absolute Gasteiger partial charge is 0.335 e. The molecule has 0 fully saturated rings. The minimum absolute atomic E-state index is 0.187. The van der Waals surface area contributed by atoms with Crippen LogP contribution in [0.4, 0.5) is 5.69 Å². The maximum atomic E-state index is 11.3. The van der Waals surface area contributed by atoms with Crippen LogP contribution in [0, 0.1) is 5.92 Å². The van der Waals surface area contributed by atoms with Crippen LogP contribution in [0.1, 0.15) is 39.9 Å². The van der Waals surface area contributed by atoms with Crippen molar-refractivity contribution in [2.75, 3.05) is 11.9 Å². The number of carboxylic acids is 1. The molecule has 0 aromatic heterocycles. The van der Waals surface area contributed by atoms with Crippen molar-refractivity contribution >= 4 is 11.7 Å². The average molecular weight is 347 g/mol. The fourth-order valence-electron chi connectivity index (χ4n) is 3.98. The Morgan fingerprint density at radius 2 is 2.08 bits per heavy atom. The molecular weight excluding hydrogens is 326 g/mol. The van der Waals surface area contributed by atoms with Crippen LogP contribution in [-0.4, -0.2) is 17.7 Å². The molecule has 26 heavy (non-hydrogen) atoms. The second kappa shape index (κ2) is 6.71. The Kier molecular flexibility index (Phi) is 4.25. The van der Waals surface area contributed by atoms with E-state index in [1.54, 1.807) is 18.2 Å². The molecule has 1 heterocycles. The summed E-state index contributed by atoms with van der Waals surface area (Å²) in [5.41, 5.74) is 3.64. The van der Waals surface area contributed by atoms with Gasteiger partial charge in [0.05, 0.1) is 11.6 Å². The Hall–Kier alpha value is -3.01. The summed E-state index contributed by atoms with van der Waals surface area (Å²) in [4.78, 5) is 11.3. The Morgan fingerprint density at radius 3 is 2.81 bits per heavy atom. The molecule has 0 bridgehead atoms. The van der Waals surface area contributed by atoms with Crippen molar-refractivity contribution in [2.45, 2.75) is 18.4 Å². The van der Waals surface area contributed by atoms with E-state index < -0.39 is 5.97 Å². The third-order valence-corrected chi connectivity index (χ3v) is 5.22. The van der Waals surface area contributed by atoms with Gasteiger partial charge in [0.1, 0.15) is 12.4 Å². The fourth-order valence-corrected chi connectivity index (χ4v) is 3.98. The molecule has 0 saturated heterocycles. The zero-order valence-corrected chi connectivity index (χ0v) is 14.4. The lowest BCUT2D eigenvalue weighted by atomic mass is 9.76. The molecule has 1 aliphatic carbocycles. The fraction of sp³-hybridized carbons (Fsp3) is 0.227. The molecule has 132 valence electrons. The highest BCUT2D eigenvalue weighted by molar-refractivity contribution is 5.89. The number of aromatic carboxylic acids is 1. The quantitative estimate of drug-likeness (QED) is 0.765. The van der Waals surface area contributed by atoms with Gasteiger partial charge in [0.15, 0.2) is 0 Å². The number of fused-ring (bicyclic) bond motifs is 3. The van der Waals surface area contributed by atoms with Crippen LogP contribution in [0.15, 0.2) is 67.3 Å². The zero-order valence-electron chi connectivity index (χ0n) is 14.4. The number of nitrogens with one attached hydrogen (secondary N) is 1. The number of hydrogen-bond acceptors (Lipinski definition) is 3. The topological polar surface area (TPSA) is 58.6 Å². The van der Waals surface area contributed by atoms with Crippen molar-refractivity contribution < 1.29 is 14.6 Å². The zero-order chi connectivity index (χ0) is 18.1. The van der Waals surface area contributed by atoms with Gasteiger partial charge in [-0.3, -0.25) is 0 Å². The van der Waals surface area contributed by atoms with Gasteiger partial charge in [-0.25, -0.2) is 4.79 Å². The molecule has 0 spiro atoms. The first-order chi connectivity index (χ1) is 12.7. The van der Waals surface area contributed by atoms with Gasteiger partial charge in [0.25, 0.3) is 0 Å². The van der Waals surface area contributed by atoms with Crippen LogP contribution >= 0.6 is 0 Å². The Balaban J connectivity index is 1.65. The van der Waals surface area contributed by atoms with Crippen molar-refractivity contribution in [3.8, 4) is 5.75 Å². The van der Waals surface area contributed by atoms with Gasteiger partial charge in [-0.05, 0) is 53.8 Å². The second-order valence-corrected chi connectivity index (χ2v) is 6.75. The van der Waals surface area contributed by atoms with E-state index in [9.17, 15) is 9.90 Å². The van der Waals surface area contributed by atoms with Gasteiger partial charge in [0, 0.05) is 11.6 Å². The van der Waals surface area contributed by atoms with Gasteiger partial charge in [-0.1, -0.05) is 36.9 Å². The van der Waals surface area contributed by atoms with E-state index in [1.807, 2.05) is 18.2 Å². The lowest BCUT2D eigenvalue weighted by Gasteiger charge is -2.37. The van der Waals surface area contributed by atoms with E-state index in [1.165, 1.54) is 5.56 Å². The molecule has 4 nitrogen and oxygen atoms in total. The van der Waals surface area contributed by atoms with Crippen LogP contribution < -0.4 is 10.1 Å². The molecule has 4 rings (SSSR count). The summed E-state index contributed by atoms with van der Waals surface area (Å²) in [5, 5.41) is 12.9. The summed E-state index contributed by atoms with van der Waals surface area (Å²) in [6.45, 7) is 4.16. The van der Waals surface area contributed by atoms with E-state index in [-0.39, 0.29) is 12.0 Å². The monoisotopic (exact) mass is 347 g/mol. The van der Waals surface area contributed by atoms with Gasteiger partial charge in [0.2, 0.25) is 0 Å². The van der Waals surface area contributed by atoms with Gasteiger partial charge < -0.3 is 15.2 Å². The molecule has 2 aromatic carbocycles. The predicted molar refractivity (Wildman–Crippen MR) is 102 cm³/mol. The van der Waals surface area contributed by atoms with Crippen LogP contribution in [0.5, 0.6) is 5.75 Å². The number of rotatable bonds is 5. The minimum Gasteiger partial charge on any atom is -0.490 e. The predicted octanol–water partition coefficient (Wildman–Crippen LogP) is 4.78. The number of carboxylic acid groups (broad SMARTS) is 1. The number of ether oxygens (including phenoxy) is 1. The number of benzene rings is 2. The standard InChI is InChI=1S/C22H21NO3/c1-2-12-26-16-9-6-14(7-10-16)21-18-5-3-4-17(18)19-13-15(22(24)25)8-11-20(19)23-21/h2-4,6-11,13,17-18,21,23H,1,5,12H2,(H,24,25)/t17-,18-,21-/m0/s1. The molecule has 2 aromatic rings. The lowest BCUT2D eigenvalue weighted by molar-refractivity contribution is 0.0696. The number of carbonyl (C=O) groups is 1. The summed E-state index contributed by atoms with van der Waals surface area (Å²) in [6, 6.07) is 13.7. The Labute approximate surface area is 152 Å². The molecule has 2 N–H and O–H groups in total. The second-order valence-electron chi connectivity index (χ2n) is 6.75. The van der Waals surface area contributed by atoms with E-state index in [2.05, 4.69) is 36.2 Å². The Bertz CT molecular complexity index is 869. The largest absolute Gasteiger partial charge is 0.490 e. The average Bonchev–Trinajstić information content (AvgIpc) is 3.16. The van der Waals surface area contributed by atoms with Gasteiger partial charge in [-0.15, -0.1) is 0 Å². The molecule has 0 saturated carbocycles. The molecular formula is C22H21NO3. The first-order valence-corrected chi connectivity index (χ1v) is 8.81. The molecule has 0 unspecified atom stereocenters. The van der Waals surface area contributed by atoms with Crippen molar-refractivity contribution in [1.29, 1.82) is 0 Å². The summed E-state index contributed by atoms with van der Waals surface area (Å²) in [5.74, 6) is 0.569. The van der Waals surface area contributed by atoms with Gasteiger partial charge >= 0.3 is 5.97 Å². The van der Waals surface area contributed by atoms with Crippen molar-refractivity contribution in [1.82, 2.24) is 0 Å². The molecule has 1 aliphatic heterocycles. The maximum Gasteiger partial charge on any atom is 0.335 e. The number of anilines is 1. The van der Waals surface area contributed by atoms with E-state index in [0.717, 1.165) is 23.4 Å². The van der Waals surface area contributed by atoms with Crippen LogP contribution in [0.2, 0.25) is 0 Å². The van der Waals surface area contributed by atoms with Crippen LogP contribution in [0.3, 0.4) is 0 Å². The highest BCUT2D eigenvalue weighted by atomic mass is 16.5. The first kappa shape index (κ1) is 16.5. The van der Waals surface area contributed by atoms with Crippen molar-refractivity contribution in [3.63, 3.8) is 0 Å². The van der Waals surface area contributed by atoms with E-state index in [4.69, 9.17) is 4.74 Å². The first-order valence-electron chi connectivity index (χ1n) is 8.81. The molecule has 0 radical (unpaired) electrons. The maximum absolute atomic E-state index is 11.3. The third kappa shape index (κ3) is 2.88. The van der Waals surface area contributed by atoms with E-state index >= 15 is 0 Å². The van der Waals surface area contributed by atoms with Crippen molar-refractivity contribution in [3.05, 3.63) is 84.0 Å². The van der Waals surface area contributed by atoms with Gasteiger partial charge in [-0.2, -0.15) is 0 Å². The SMILES string of the molecule is C=CCOc1ccc([C@@H]2Nc3ccc(C(=O)O)cc3[C@H]3C=CC[C@@H]32)cc1. The highest BCUT2D eigenvalue weighted by Gasteiger charge is 2.38. The third-order valence-electron chi connectivity index (χ3n) is 5.22. The number of allylic oxidation sites excluding steroid dienone is 2. The van der Waals surface area contributed by atoms with E-state index in [0.29, 0.717) is 18.1 Å². The molecule has 3 atom stereocenters. The highest BCUT2D eigenvalue weighted by Crippen LogP contribution is 2.50.